The number of carbonyl (C=O) groups is 1. The van der Waals surface area contributed by atoms with Crippen molar-refractivity contribution in [2.45, 2.75) is 20.3 Å². The van der Waals surface area contributed by atoms with Gasteiger partial charge in [0.2, 0.25) is 0 Å². The quantitative estimate of drug-likeness (QED) is 0.615. The molecular formula is C11H19N3O. The van der Waals surface area contributed by atoms with E-state index in [1.165, 1.54) is 4.90 Å². The summed E-state index contributed by atoms with van der Waals surface area (Å²) in [5.41, 5.74) is 0. The van der Waals surface area contributed by atoms with Crippen LogP contribution in [0.5, 0.6) is 0 Å². The Hall–Kier alpha value is -1.24. The maximum Gasteiger partial charge on any atom is 0.320 e. The van der Waals surface area contributed by atoms with Gasteiger partial charge in [-0.1, -0.05) is 13.8 Å². The number of urea groups is 1. The van der Waals surface area contributed by atoms with Crippen LogP contribution in [-0.4, -0.2) is 42.5 Å². The minimum absolute atomic E-state index is 0.0182. The predicted octanol–water partition coefficient (Wildman–Crippen LogP) is 1.54. The van der Waals surface area contributed by atoms with E-state index in [9.17, 15) is 4.79 Å². The highest BCUT2D eigenvalue weighted by molar-refractivity contribution is 5.74. The molecule has 0 N–H and O–H groups in total. The maximum absolute atomic E-state index is 11.8. The van der Waals surface area contributed by atoms with Crippen LogP contribution in [0.15, 0.2) is 0 Å². The molecule has 1 aliphatic heterocycles. The molecule has 2 unspecified atom stereocenters. The lowest BCUT2D eigenvalue weighted by molar-refractivity contribution is 0.123. The highest BCUT2D eigenvalue weighted by Gasteiger charge is 2.27. The van der Waals surface area contributed by atoms with E-state index in [2.05, 4.69) is 13.8 Å². The average Bonchev–Trinajstić information content (AvgIpc) is 2.21. The Labute approximate surface area is 91.5 Å². The Bertz CT molecular complexity index is 271. The largest absolute Gasteiger partial charge is 0.324 e. The summed E-state index contributed by atoms with van der Waals surface area (Å²) in [5.74, 6) is 1.24. The van der Waals surface area contributed by atoms with Gasteiger partial charge in [0.25, 0.3) is 0 Å². The van der Waals surface area contributed by atoms with Gasteiger partial charge in [0, 0.05) is 20.1 Å². The van der Waals surface area contributed by atoms with E-state index in [0.717, 1.165) is 19.5 Å². The third-order valence-corrected chi connectivity index (χ3v) is 3.24. The molecule has 2 atom stereocenters. The SMILES string of the molecule is CC1CCN(C(=O)N(C)CC#N)CC1C. The number of likely N-dealkylation sites (tertiary alicyclic amines) is 1. The predicted molar refractivity (Wildman–Crippen MR) is 58.2 cm³/mol. The van der Waals surface area contributed by atoms with Gasteiger partial charge in [0.05, 0.1) is 6.07 Å². The smallest absolute Gasteiger partial charge is 0.320 e. The van der Waals surface area contributed by atoms with Crippen molar-refractivity contribution in [2.75, 3.05) is 26.7 Å². The Morgan fingerprint density at radius 3 is 2.73 bits per heavy atom. The number of nitriles is 1. The zero-order chi connectivity index (χ0) is 11.4. The van der Waals surface area contributed by atoms with Crippen LogP contribution in [0.2, 0.25) is 0 Å². The summed E-state index contributed by atoms with van der Waals surface area (Å²) in [6.45, 7) is 6.20. The molecule has 0 aliphatic carbocycles. The third-order valence-electron chi connectivity index (χ3n) is 3.24. The molecule has 1 aliphatic rings. The van der Waals surface area contributed by atoms with Crippen molar-refractivity contribution in [3.8, 4) is 6.07 Å². The van der Waals surface area contributed by atoms with Crippen molar-refractivity contribution < 1.29 is 4.79 Å². The standard InChI is InChI=1S/C11H19N3O/c1-9-4-6-14(8-10(9)2)11(15)13(3)7-5-12/h9-10H,4,6-8H2,1-3H3. The molecule has 15 heavy (non-hydrogen) atoms. The lowest BCUT2D eigenvalue weighted by atomic mass is 9.89. The molecule has 84 valence electrons. The number of amides is 2. The second-order valence-electron chi connectivity index (χ2n) is 4.49. The topological polar surface area (TPSA) is 47.3 Å². The van der Waals surface area contributed by atoms with Crippen LogP contribution in [0.25, 0.3) is 0 Å². The summed E-state index contributed by atoms with van der Waals surface area (Å²) >= 11 is 0. The van der Waals surface area contributed by atoms with Gasteiger partial charge in [-0.05, 0) is 18.3 Å². The maximum atomic E-state index is 11.8. The monoisotopic (exact) mass is 209 g/mol. The molecule has 0 aromatic rings. The van der Waals surface area contributed by atoms with Crippen molar-refractivity contribution >= 4 is 6.03 Å². The van der Waals surface area contributed by atoms with E-state index >= 15 is 0 Å². The first-order chi connectivity index (χ1) is 7.06. The fraction of sp³-hybridized carbons (Fsp3) is 0.818. The summed E-state index contributed by atoms with van der Waals surface area (Å²) < 4.78 is 0. The first-order valence-electron chi connectivity index (χ1n) is 5.43. The number of nitrogens with zero attached hydrogens (tertiary/aromatic N) is 3. The third kappa shape index (κ3) is 2.85. The van der Waals surface area contributed by atoms with Gasteiger partial charge < -0.3 is 9.80 Å². The fourth-order valence-corrected chi connectivity index (χ4v) is 1.85. The first-order valence-corrected chi connectivity index (χ1v) is 5.43. The Kier molecular flexibility index (Phi) is 3.96. The van der Waals surface area contributed by atoms with Crippen molar-refractivity contribution in [1.29, 1.82) is 5.26 Å². The second-order valence-corrected chi connectivity index (χ2v) is 4.49. The van der Waals surface area contributed by atoms with E-state index in [1.807, 2.05) is 11.0 Å². The zero-order valence-electron chi connectivity index (χ0n) is 9.73. The molecule has 2 amide bonds. The lowest BCUT2D eigenvalue weighted by Crippen LogP contribution is -2.47. The van der Waals surface area contributed by atoms with Gasteiger partial charge in [0.1, 0.15) is 6.54 Å². The normalized spacial score (nSPS) is 25.9. The van der Waals surface area contributed by atoms with Gasteiger partial charge >= 0.3 is 6.03 Å². The zero-order valence-corrected chi connectivity index (χ0v) is 9.73. The molecule has 1 rings (SSSR count). The van der Waals surface area contributed by atoms with Gasteiger partial charge in [-0.25, -0.2) is 4.79 Å². The lowest BCUT2D eigenvalue weighted by Gasteiger charge is -2.36. The van der Waals surface area contributed by atoms with E-state index in [-0.39, 0.29) is 12.6 Å². The fourth-order valence-electron chi connectivity index (χ4n) is 1.85. The van der Waals surface area contributed by atoms with Crippen LogP contribution in [0.3, 0.4) is 0 Å². The van der Waals surface area contributed by atoms with E-state index < -0.39 is 0 Å². The van der Waals surface area contributed by atoms with Crippen LogP contribution in [0.1, 0.15) is 20.3 Å². The molecule has 0 aromatic carbocycles. The molecule has 0 radical (unpaired) electrons. The minimum atomic E-state index is -0.0182. The Balaban J connectivity index is 2.51. The van der Waals surface area contributed by atoms with E-state index in [1.54, 1.807) is 7.05 Å². The molecule has 0 spiro atoms. The summed E-state index contributed by atoms with van der Waals surface area (Å²) in [6.07, 6.45) is 1.06. The van der Waals surface area contributed by atoms with Gasteiger partial charge in [0.15, 0.2) is 0 Å². The first kappa shape index (κ1) is 11.8. The summed E-state index contributed by atoms with van der Waals surface area (Å²) in [6, 6.07) is 1.97. The summed E-state index contributed by atoms with van der Waals surface area (Å²) in [7, 11) is 1.67. The summed E-state index contributed by atoms with van der Waals surface area (Å²) in [5, 5.41) is 8.52. The number of carbonyl (C=O) groups excluding carboxylic acids is 1. The Morgan fingerprint density at radius 1 is 1.53 bits per heavy atom. The van der Waals surface area contributed by atoms with E-state index in [4.69, 9.17) is 5.26 Å². The molecule has 0 bridgehead atoms. The van der Waals surface area contributed by atoms with Crippen LogP contribution >= 0.6 is 0 Å². The number of rotatable bonds is 1. The van der Waals surface area contributed by atoms with Gasteiger partial charge in [-0.15, -0.1) is 0 Å². The number of hydrogen-bond donors (Lipinski definition) is 0. The van der Waals surface area contributed by atoms with E-state index in [0.29, 0.717) is 11.8 Å². The second kappa shape index (κ2) is 5.01. The minimum Gasteiger partial charge on any atom is -0.324 e. The molecule has 0 saturated carbocycles. The molecule has 1 saturated heterocycles. The van der Waals surface area contributed by atoms with Gasteiger partial charge in [-0.3, -0.25) is 0 Å². The molecule has 1 heterocycles. The van der Waals surface area contributed by atoms with Gasteiger partial charge in [-0.2, -0.15) is 5.26 Å². The number of hydrogen-bond acceptors (Lipinski definition) is 2. The van der Waals surface area contributed by atoms with Crippen molar-refractivity contribution in [2.24, 2.45) is 11.8 Å². The number of piperidine rings is 1. The Morgan fingerprint density at radius 2 is 2.20 bits per heavy atom. The molecular weight excluding hydrogens is 190 g/mol. The van der Waals surface area contributed by atoms with Crippen LogP contribution in [0.4, 0.5) is 4.79 Å². The highest BCUT2D eigenvalue weighted by atomic mass is 16.2. The molecule has 1 fully saturated rings. The molecule has 0 aromatic heterocycles. The van der Waals surface area contributed by atoms with Crippen LogP contribution in [-0.2, 0) is 0 Å². The summed E-state index contributed by atoms with van der Waals surface area (Å²) in [4.78, 5) is 15.2. The van der Waals surface area contributed by atoms with Crippen molar-refractivity contribution in [3.05, 3.63) is 0 Å². The van der Waals surface area contributed by atoms with Crippen LogP contribution < -0.4 is 0 Å². The average molecular weight is 209 g/mol. The van der Waals surface area contributed by atoms with Crippen molar-refractivity contribution in [3.63, 3.8) is 0 Å². The molecule has 4 nitrogen and oxygen atoms in total. The highest BCUT2D eigenvalue weighted by Crippen LogP contribution is 2.22. The van der Waals surface area contributed by atoms with Crippen LogP contribution in [0, 0.1) is 23.2 Å². The molecule has 4 heteroatoms. The van der Waals surface area contributed by atoms with Crippen molar-refractivity contribution in [1.82, 2.24) is 9.80 Å².